The molecule has 2 aromatic carbocycles. The highest BCUT2D eigenvalue weighted by Gasteiger charge is 2.28. The average molecular weight is 451 g/mol. The number of anilines is 1. The Balaban J connectivity index is 1.67. The number of carbonyl (C=O) groups excluding carboxylic acids is 1. The maximum absolute atomic E-state index is 12.2. The van der Waals surface area contributed by atoms with Gasteiger partial charge in [0.15, 0.2) is 0 Å². The second-order valence-electron chi connectivity index (χ2n) is 6.22. The number of hydrogen-bond acceptors (Lipinski definition) is 4. The van der Waals surface area contributed by atoms with Crippen molar-refractivity contribution in [3.63, 3.8) is 0 Å². The summed E-state index contributed by atoms with van der Waals surface area (Å²) in [6, 6.07) is 15.0. The standard InChI is InChI=1S/C19H17BrClN3OS/c1-19(2)23-17(12-3-5-13(20)6-4-12)18(24-19)26-11-16(25)22-15-9-7-14(21)8-10-15/h3-10H,11H2,1-2H3,(H,22,25). The molecule has 4 nitrogen and oxygen atoms in total. The van der Waals surface area contributed by atoms with Gasteiger partial charge in [0.2, 0.25) is 5.91 Å². The molecule has 3 rings (SSSR count). The lowest BCUT2D eigenvalue weighted by Crippen LogP contribution is -2.17. The number of carbonyl (C=O) groups is 1. The van der Waals surface area contributed by atoms with Crippen LogP contribution in [0.1, 0.15) is 19.4 Å². The molecule has 1 N–H and O–H groups in total. The Morgan fingerprint density at radius 1 is 1.12 bits per heavy atom. The molecule has 0 radical (unpaired) electrons. The van der Waals surface area contributed by atoms with Gasteiger partial charge in [-0.3, -0.25) is 9.79 Å². The zero-order chi connectivity index (χ0) is 18.7. The summed E-state index contributed by atoms with van der Waals surface area (Å²) in [5.41, 5.74) is 2.02. The third kappa shape index (κ3) is 4.96. The molecule has 134 valence electrons. The van der Waals surface area contributed by atoms with Crippen LogP contribution in [0, 0.1) is 0 Å². The first kappa shape index (κ1) is 19.1. The van der Waals surface area contributed by atoms with Crippen LogP contribution in [0.25, 0.3) is 0 Å². The summed E-state index contributed by atoms with van der Waals surface area (Å²) in [5.74, 6) is 0.160. The van der Waals surface area contributed by atoms with Crippen molar-refractivity contribution in [1.29, 1.82) is 0 Å². The fourth-order valence-corrected chi connectivity index (χ4v) is 3.73. The number of rotatable bonds is 4. The summed E-state index contributed by atoms with van der Waals surface area (Å²) in [4.78, 5) is 21.6. The van der Waals surface area contributed by atoms with Gasteiger partial charge in [-0.05, 0) is 50.2 Å². The van der Waals surface area contributed by atoms with E-state index in [4.69, 9.17) is 16.6 Å². The predicted octanol–water partition coefficient (Wildman–Crippen LogP) is 5.41. The monoisotopic (exact) mass is 449 g/mol. The molecule has 0 aliphatic carbocycles. The van der Waals surface area contributed by atoms with E-state index in [1.165, 1.54) is 11.8 Å². The molecule has 1 aliphatic rings. The fourth-order valence-electron chi connectivity index (χ4n) is 2.41. The van der Waals surface area contributed by atoms with Crippen molar-refractivity contribution in [2.75, 3.05) is 11.1 Å². The summed E-state index contributed by atoms with van der Waals surface area (Å²) < 4.78 is 1.01. The van der Waals surface area contributed by atoms with E-state index in [0.29, 0.717) is 5.02 Å². The van der Waals surface area contributed by atoms with Crippen molar-refractivity contribution in [2.24, 2.45) is 9.98 Å². The third-order valence-electron chi connectivity index (χ3n) is 3.55. The molecule has 0 atom stereocenters. The number of thioether (sulfide) groups is 1. The molecule has 26 heavy (non-hydrogen) atoms. The van der Waals surface area contributed by atoms with Gasteiger partial charge in [-0.25, -0.2) is 4.99 Å². The van der Waals surface area contributed by atoms with Crippen molar-refractivity contribution in [1.82, 2.24) is 0 Å². The number of amides is 1. The number of benzene rings is 2. The number of nitrogens with one attached hydrogen (secondary N) is 1. The topological polar surface area (TPSA) is 53.8 Å². The molecular formula is C19H17BrClN3OS. The smallest absolute Gasteiger partial charge is 0.234 e. The normalized spacial score (nSPS) is 15.4. The lowest BCUT2D eigenvalue weighted by Gasteiger charge is -2.07. The van der Waals surface area contributed by atoms with Crippen LogP contribution in [0.5, 0.6) is 0 Å². The highest BCUT2D eigenvalue weighted by molar-refractivity contribution is 9.10. The summed E-state index contributed by atoms with van der Waals surface area (Å²) in [5, 5.41) is 4.27. The van der Waals surface area contributed by atoms with Gasteiger partial charge in [0.25, 0.3) is 0 Å². The number of nitrogens with zero attached hydrogens (tertiary/aromatic N) is 2. The fraction of sp³-hybridized carbons (Fsp3) is 0.211. The van der Waals surface area contributed by atoms with Crippen LogP contribution in [0.2, 0.25) is 5.02 Å². The highest BCUT2D eigenvalue weighted by atomic mass is 79.9. The predicted molar refractivity (Wildman–Crippen MR) is 115 cm³/mol. The Hall–Kier alpha value is -1.63. The SMILES string of the molecule is CC1(C)N=C(SCC(=O)Nc2ccc(Cl)cc2)C(c2ccc(Br)cc2)=N1. The van der Waals surface area contributed by atoms with Crippen molar-refractivity contribution < 1.29 is 4.79 Å². The van der Waals surface area contributed by atoms with Crippen molar-refractivity contribution >= 4 is 61.6 Å². The van der Waals surface area contributed by atoms with Crippen molar-refractivity contribution in [2.45, 2.75) is 19.5 Å². The molecule has 1 aliphatic heterocycles. The van der Waals surface area contributed by atoms with E-state index in [0.717, 1.165) is 26.5 Å². The van der Waals surface area contributed by atoms with Gasteiger partial charge in [0, 0.05) is 20.7 Å². The van der Waals surface area contributed by atoms with Gasteiger partial charge in [0.1, 0.15) is 10.7 Å². The lowest BCUT2D eigenvalue weighted by molar-refractivity contribution is -0.113. The van der Waals surface area contributed by atoms with E-state index in [2.05, 4.69) is 26.2 Å². The number of hydrogen-bond donors (Lipinski definition) is 1. The molecule has 1 heterocycles. The molecule has 0 spiro atoms. The highest BCUT2D eigenvalue weighted by Crippen LogP contribution is 2.27. The van der Waals surface area contributed by atoms with Crippen LogP contribution < -0.4 is 5.32 Å². The first-order valence-corrected chi connectivity index (χ1v) is 10.1. The zero-order valence-electron chi connectivity index (χ0n) is 14.3. The van der Waals surface area contributed by atoms with Crippen molar-refractivity contribution in [3.8, 4) is 0 Å². The van der Waals surface area contributed by atoms with E-state index in [1.54, 1.807) is 24.3 Å². The van der Waals surface area contributed by atoms with Crippen LogP contribution in [-0.2, 0) is 4.79 Å². The van der Waals surface area contributed by atoms with E-state index in [1.807, 2.05) is 38.1 Å². The summed E-state index contributed by atoms with van der Waals surface area (Å²) >= 11 is 10.7. The second kappa shape index (κ2) is 7.94. The van der Waals surface area contributed by atoms with Gasteiger partial charge in [0.05, 0.1) is 11.5 Å². The first-order valence-electron chi connectivity index (χ1n) is 7.97. The maximum atomic E-state index is 12.2. The van der Waals surface area contributed by atoms with E-state index in [-0.39, 0.29) is 11.7 Å². The molecular weight excluding hydrogens is 434 g/mol. The van der Waals surface area contributed by atoms with Crippen molar-refractivity contribution in [3.05, 3.63) is 63.6 Å². The lowest BCUT2D eigenvalue weighted by atomic mass is 10.1. The van der Waals surface area contributed by atoms with Crippen LogP contribution in [0.3, 0.4) is 0 Å². The second-order valence-corrected chi connectivity index (χ2v) is 8.54. The molecule has 0 saturated heterocycles. The quantitative estimate of drug-likeness (QED) is 0.677. The first-order chi connectivity index (χ1) is 12.3. The third-order valence-corrected chi connectivity index (χ3v) is 5.29. The molecule has 7 heteroatoms. The summed E-state index contributed by atoms with van der Waals surface area (Å²) in [6.07, 6.45) is 0. The molecule has 0 bridgehead atoms. The minimum atomic E-state index is -0.516. The van der Waals surface area contributed by atoms with Crippen LogP contribution in [-0.4, -0.2) is 28.1 Å². The minimum Gasteiger partial charge on any atom is -0.325 e. The van der Waals surface area contributed by atoms with Gasteiger partial charge < -0.3 is 5.32 Å². The average Bonchev–Trinajstić information content (AvgIpc) is 2.91. The van der Waals surface area contributed by atoms with E-state index < -0.39 is 5.66 Å². The maximum Gasteiger partial charge on any atom is 0.234 e. The molecule has 1 amide bonds. The molecule has 0 fully saturated rings. The molecule has 0 unspecified atom stereocenters. The summed E-state index contributed by atoms with van der Waals surface area (Å²) in [6.45, 7) is 3.90. The molecule has 2 aromatic rings. The van der Waals surface area contributed by atoms with Gasteiger partial charge in [-0.15, -0.1) is 0 Å². The Morgan fingerprint density at radius 3 is 2.42 bits per heavy atom. The van der Waals surface area contributed by atoms with Gasteiger partial charge >= 0.3 is 0 Å². The van der Waals surface area contributed by atoms with E-state index in [9.17, 15) is 4.79 Å². The largest absolute Gasteiger partial charge is 0.325 e. The van der Waals surface area contributed by atoms with E-state index >= 15 is 0 Å². The van der Waals surface area contributed by atoms with Crippen LogP contribution in [0.4, 0.5) is 5.69 Å². The summed E-state index contributed by atoms with van der Waals surface area (Å²) in [7, 11) is 0. The van der Waals surface area contributed by atoms with Gasteiger partial charge in [-0.1, -0.05) is 51.4 Å². The zero-order valence-corrected chi connectivity index (χ0v) is 17.5. The molecule has 0 aromatic heterocycles. The number of halogens is 2. The Kier molecular flexibility index (Phi) is 5.85. The Bertz CT molecular complexity index is 877. The van der Waals surface area contributed by atoms with Crippen LogP contribution >= 0.6 is 39.3 Å². The number of aliphatic imine (C=N–C) groups is 2. The Labute approximate surface area is 170 Å². The minimum absolute atomic E-state index is 0.0973. The van der Waals surface area contributed by atoms with Gasteiger partial charge in [-0.2, -0.15) is 0 Å². The Morgan fingerprint density at radius 2 is 1.77 bits per heavy atom. The molecule has 0 saturated carbocycles. The van der Waals surface area contributed by atoms with Crippen LogP contribution in [0.15, 0.2) is 63.0 Å².